The summed E-state index contributed by atoms with van der Waals surface area (Å²) in [5.41, 5.74) is 0. The smallest absolute Gasteiger partial charge is 0.463 e. The van der Waals surface area contributed by atoms with Crippen LogP contribution in [0.4, 0.5) is 0 Å². The minimum Gasteiger partial charge on any atom is -0.463 e. The van der Waals surface area contributed by atoms with E-state index in [0.29, 0.717) is 25.2 Å². The summed E-state index contributed by atoms with van der Waals surface area (Å²) < 4.78 is 64.9. The van der Waals surface area contributed by atoms with Crippen molar-refractivity contribution in [3.8, 4) is 0 Å². The van der Waals surface area contributed by atoms with Crippen LogP contribution < -0.4 is 0 Å². The highest BCUT2D eigenvalue weighted by atomic mass is 31.2. The molecule has 2 aliphatic heterocycles. The minimum absolute atomic E-state index is 0.0273. The molecule has 1 saturated carbocycles. The molecule has 25 heteroatoms. The molecule has 0 aromatic carbocycles. The predicted octanol–water partition coefficient (Wildman–Crippen LogP) is 9.82. The maximum Gasteiger partial charge on any atom is 0.472 e. The second-order valence-corrected chi connectivity index (χ2v) is 28.7. The van der Waals surface area contributed by atoms with Gasteiger partial charge in [0, 0.05) is 19.3 Å². The van der Waals surface area contributed by atoms with Gasteiger partial charge in [-0.25, -0.2) is 4.57 Å². The van der Waals surface area contributed by atoms with Gasteiger partial charge < -0.3 is 89.1 Å². The summed E-state index contributed by atoms with van der Waals surface area (Å²) in [4.78, 5) is 50.9. The maximum absolute atomic E-state index is 14.3. The molecule has 19 unspecified atom stereocenters. The molecule has 19 atom stereocenters. The number of hydrogen-bond donors (Lipinski definition) is 11. The van der Waals surface area contributed by atoms with Crippen LogP contribution >= 0.6 is 7.82 Å². The maximum atomic E-state index is 14.3. The number of unbranched alkanes of at least 4 members (excludes halogenated alkanes) is 30. The average molecular weight is 1400 g/mol. The topological polar surface area (TPSA) is 374 Å². The molecule has 3 rings (SSSR count). The zero-order valence-corrected chi connectivity index (χ0v) is 59.7. The molecular formula is C71H131O24P. The van der Waals surface area contributed by atoms with Gasteiger partial charge in [0.05, 0.1) is 13.2 Å². The summed E-state index contributed by atoms with van der Waals surface area (Å²) in [5.74, 6) is -1.31. The fourth-order valence-electron chi connectivity index (χ4n) is 12.5. The van der Waals surface area contributed by atoms with Gasteiger partial charge in [-0.05, 0) is 50.9 Å². The Morgan fingerprint density at radius 1 is 0.427 bits per heavy atom. The van der Waals surface area contributed by atoms with Gasteiger partial charge in [0.25, 0.3) is 0 Å². The average Bonchev–Trinajstić information content (AvgIpc) is 0.763. The van der Waals surface area contributed by atoms with Crippen LogP contribution in [0.2, 0.25) is 0 Å². The Bertz CT molecular complexity index is 2060. The van der Waals surface area contributed by atoms with E-state index >= 15 is 0 Å². The number of carbonyl (C=O) groups is 3. The number of hydrogen-bond acceptors (Lipinski definition) is 23. The first-order chi connectivity index (χ1) is 46.2. The first-order valence-electron chi connectivity index (χ1n) is 37.4. The molecule has 2 saturated heterocycles. The monoisotopic (exact) mass is 1400 g/mol. The van der Waals surface area contributed by atoms with Gasteiger partial charge in [-0.3, -0.25) is 23.4 Å². The standard InChI is InChI=1S/C71H131O24P/c1-5-8-11-14-17-19-21-22-23-25-26-28-34-39-44-55(73)87-48-52(90-57(75)46-41-36-29-27-24-20-18-15-12-9-6-2)49-89-96(85,86)95-69-67(93-70-65(83)60(78)58(76)53(47-72)91-70)63(81)62(80)64(82)68(69)94-71-66(84)61(79)59(77)54(92-71)50-88-56(74)45-40-35-31-30-33-38-43-51(4)42-37-32-16-13-10-7-3/h23,25,51-54,58-72,76-84H,5-22,24,26-50H2,1-4H3,(H,85,86)/b25-23-. The quantitative estimate of drug-likeness (QED) is 0.00886. The van der Waals surface area contributed by atoms with Gasteiger partial charge in [-0.1, -0.05) is 232 Å². The summed E-state index contributed by atoms with van der Waals surface area (Å²) in [6.07, 6.45) is 8.74. The zero-order chi connectivity index (χ0) is 70.5. The van der Waals surface area contributed by atoms with Crippen molar-refractivity contribution in [1.29, 1.82) is 0 Å². The molecule has 0 spiro atoms. The van der Waals surface area contributed by atoms with E-state index in [1.807, 2.05) is 0 Å². The Hall–Kier alpha value is -2.30. The molecule has 1 aliphatic carbocycles. The van der Waals surface area contributed by atoms with Crippen molar-refractivity contribution >= 4 is 25.7 Å². The second kappa shape index (κ2) is 52.6. The highest BCUT2D eigenvalue weighted by Gasteiger charge is 2.58. The number of phosphoric ester groups is 1. The van der Waals surface area contributed by atoms with Crippen molar-refractivity contribution in [2.45, 2.75) is 389 Å². The number of rotatable bonds is 57. The molecule has 0 aromatic rings. The summed E-state index contributed by atoms with van der Waals surface area (Å²) >= 11 is 0. The van der Waals surface area contributed by atoms with Gasteiger partial charge in [0.1, 0.15) is 98.7 Å². The van der Waals surface area contributed by atoms with Crippen LogP contribution in [0.5, 0.6) is 0 Å². The van der Waals surface area contributed by atoms with Crippen molar-refractivity contribution < 1.29 is 117 Å². The van der Waals surface area contributed by atoms with Crippen molar-refractivity contribution in [3.63, 3.8) is 0 Å². The summed E-state index contributed by atoms with van der Waals surface area (Å²) in [6.45, 7) is 5.73. The number of ether oxygens (including phenoxy) is 7. The molecule has 3 fully saturated rings. The molecule has 564 valence electrons. The fraction of sp³-hybridized carbons (Fsp3) is 0.930. The molecule has 0 radical (unpaired) electrons. The molecule has 2 heterocycles. The highest BCUT2D eigenvalue weighted by Crippen LogP contribution is 2.49. The third-order valence-electron chi connectivity index (χ3n) is 18.7. The molecule has 96 heavy (non-hydrogen) atoms. The molecule has 0 bridgehead atoms. The van der Waals surface area contributed by atoms with E-state index in [1.165, 1.54) is 122 Å². The number of carbonyl (C=O) groups excluding carboxylic acids is 3. The number of aliphatic hydroxyl groups is 10. The second-order valence-electron chi connectivity index (χ2n) is 27.3. The molecular weight excluding hydrogens is 1270 g/mol. The Balaban J connectivity index is 1.74. The lowest BCUT2D eigenvalue weighted by Gasteiger charge is -2.49. The van der Waals surface area contributed by atoms with Crippen LogP contribution in [0.1, 0.15) is 285 Å². The molecule has 11 N–H and O–H groups in total. The first kappa shape index (κ1) is 87.9. The van der Waals surface area contributed by atoms with Crippen molar-refractivity contribution in [2.75, 3.05) is 26.4 Å². The molecule has 0 aromatic heterocycles. The summed E-state index contributed by atoms with van der Waals surface area (Å²) in [7, 11) is -5.69. The van der Waals surface area contributed by atoms with Crippen molar-refractivity contribution in [2.24, 2.45) is 5.92 Å². The van der Waals surface area contributed by atoms with Crippen LogP contribution in [0.25, 0.3) is 0 Å². The van der Waals surface area contributed by atoms with E-state index < -0.39 is 156 Å². The number of allylic oxidation sites excluding steroid dienone is 2. The fourth-order valence-corrected chi connectivity index (χ4v) is 13.4. The largest absolute Gasteiger partial charge is 0.472 e. The minimum atomic E-state index is -5.69. The van der Waals surface area contributed by atoms with Crippen LogP contribution in [0, 0.1) is 5.92 Å². The normalized spacial score (nSPS) is 28.3. The summed E-state index contributed by atoms with van der Waals surface area (Å²) in [6, 6.07) is 0. The van der Waals surface area contributed by atoms with Crippen LogP contribution in [-0.2, 0) is 61.2 Å². The number of phosphoric acid groups is 1. The summed E-state index contributed by atoms with van der Waals surface area (Å²) in [5, 5.41) is 110. The van der Waals surface area contributed by atoms with E-state index in [-0.39, 0.29) is 19.3 Å². The lowest BCUT2D eigenvalue weighted by atomic mass is 9.84. The lowest BCUT2D eigenvalue weighted by molar-refractivity contribution is -0.360. The zero-order valence-electron chi connectivity index (χ0n) is 58.8. The third kappa shape index (κ3) is 36.0. The Morgan fingerprint density at radius 2 is 0.792 bits per heavy atom. The van der Waals surface area contributed by atoms with Crippen LogP contribution in [0.3, 0.4) is 0 Å². The first-order valence-corrected chi connectivity index (χ1v) is 38.9. The van der Waals surface area contributed by atoms with Gasteiger partial charge in [-0.2, -0.15) is 0 Å². The lowest BCUT2D eigenvalue weighted by Crippen LogP contribution is -2.69. The van der Waals surface area contributed by atoms with Gasteiger partial charge in [0.15, 0.2) is 18.7 Å². The Kier molecular flexibility index (Phi) is 48.2. The van der Waals surface area contributed by atoms with Gasteiger partial charge >= 0.3 is 25.7 Å². The van der Waals surface area contributed by atoms with Gasteiger partial charge in [0.2, 0.25) is 0 Å². The van der Waals surface area contributed by atoms with E-state index in [1.54, 1.807) is 0 Å². The molecule has 0 amide bonds. The van der Waals surface area contributed by atoms with Gasteiger partial charge in [-0.15, -0.1) is 0 Å². The van der Waals surface area contributed by atoms with E-state index in [2.05, 4.69) is 39.8 Å². The molecule has 24 nitrogen and oxygen atoms in total. The van der Waals surface area contributed by atoms with Crippen LogP contribution in [-0.4, -0.2) is 204 Å². The Labute approximate surface area is 573 Å². The van der Waals surface area contributed by atoms with Crippen LogP contribution in [0.15, 0.2) is 12.2 Å². The van der Waals surface area contributed by atoms with E-state index in [4.69, 9.17) is 42.2 Å². The third-order valence-corrected chi connectivity index (χ3v) is 19.7. The van der Waals surface area contributed by atoms with Crippen molar-refractivity contribution in [1.82, 2.24) is 0 Å². The number of esters is 3. The van der Waals surface area contributed by atoms with E-state index in [0.717, 1.165) is 96.3 Å². The Morgan fingerprint density at radius 3 is 1.24 bits per heavy atom. The highest BCUT2D eigenvalue weighted by molar-refractivity contribution is 7.47. The SMILES string of the molecule is CCCCCCCCC/C=C\CCCCCC(=O)OCC(COP(=O)(O)OC1C(OC2OC(CO)C(O)C(O)C2O)C(O)C(O)C(O)C1OC1OC(COC(=O)CCCCCCCCC(C)CCCCCCCC)C(O)C(O)C1O)OC(=O)CCCCCCCCCCCCC. The predicted molar refractivity (Wildman–Crippen MR) is 361 cm³/mol. The number of aliphatic hydroxyl groups excluding tert-OH is 10. The molecule has 3 aliphatic rings. The van der Waals surface area contributed by atoms with E-state index in [9.17, 15) is 74.9 Å². The van der Waals surface area contributed by atoms with Crippen molar-refractivity contribution in [3.05, 3.63) is 12.2 Å².